The van der Waals surface area contributed by atoms with E-state index in [1.807, 2.05) is 0 Å². The van der Waals surface area contributed by atoms with E-state index >= 15 is 0 Å². The third-order valence-corrected chi connectivity index (χ3v) is 5.51. The van der Waals surface area contributed by atoms with Crippen molar-refractivity contribution in [2.45, 2.75) is 56.3 Å². The Labute approximate surface area is 201 Å². The SMILES string of the molecule is NC(=O)CC(N)C(=O)NC(CC(N)=O)C(=O)NC(Cc1ccccc1)C(=O)N1CCCC1C(=O)O. The van der Waals surface area contributed by atoms with Crippen molar-refractivity contribution >= 4 is 35.5 Å². The number of carbonyl (C=O) groups excluding carboxylic acids is 5. The van der Waals surface area contributed by atoms with Crippen LogP contribution in [0.3, 0.4) is 0 Å². The van der Waals surface area contributed by atoms with Gasteiger partial charge in [0, 0.05) is 13.0 Å². The average molecular weight is 491 g/mol. The lowest BCUT2D eigenvalue weighted by Gasteiger charge is -2.29. The molecular weight excluding hydrogens is 460 g/mol. The second-order valence-electron chi connectivity index (χ2n) is 8.29. The lowest BCUT2D eigenvalue weighted by Crippen LogP contribution is -2.58. The smallest absolute Gasteiger partial charge is 0.326 e. The van der Waals surface area contributed by atoms with Crippen LogP contribution in [0.25, 0.3) is 0 Å². The van der Waals surface area contributed by atoms with Crippen molar-refractivity contribution in [3.8, 4) is 0 Å². The third kappa shape index (κ3) is 8.07. The van der Waals surface area contributed by atoms with E-state index in [0.717, 1.165) is 0 Å². The maximum Gasteiger partial charge on any atom is 0.326 e. The first-order valence-corrected chi connectivity index (χ1v) is 11.0. The highest BCUT2D eigenvalue weighted by atomic mass is 16.4. The maximum atomic E-state index is 13.3. The number of primary amides is 2. The molecule has 190 valence electrons. The number of nitrogens with zero attached hydrogens (tertiary/aromatic N) is 1. The monoisotopic (exact) mass is 490 g/mol. The fourth-order valence-corrected chi connectivity index (χ4v) is 3.81. The molecule has 1 saturated heterocycles. The van der Waals surface area contributed by atoms with E-state index in [2.05, 4.69) is 10.6 Å². The first-order valence-electron chi connectivity index (χ1n) is 11.0. The molecular formula is C22H30N6O7. The Morgan fingerprint density at radius 3 is 2.11 bits per heavy atom. The molecule has 35 heavy (non-hydrogen) atoms. The van der Waals surface area contributed by atoms with Gasteiger partial charge in [-0.15, -0.1) is 0 Å². The molecule has 1 aliphatic heterocycles. The predicted molar refractivity (Wildman–Crippen MR) is 122 cm³/mol. The largest absolute Gasteiger partial charge is 0.480 e. The topological polar surface area (TPSA) is 228 Å². The molecule has 13 heteroatoms. The number of rotatable bonds is 12. The number of nitrogens with two attached hydrogens (primary N) is 3. The molecule has 1 aliphatic rings. The molecule has 4 atom stereocenters. The van der Waals surface area contributed by atoms with E-state index in [1.165, 1.54) is 4.90 Å². The zero-order chi connectivity index (χ0) is 26.1. The molecule has 5 amide bonds. The lowest BCUT2D eigenvalue weighted by molar-refractivity contribution is -0.149. The number of hydrogen-bond acceptors (Lipinski definition) is 7. The van der Waals surface area contributed by atoms with Crippen LogP contribution in [0.4, 0.5) is 0 Å². The van der Waals surface area contributed by atoms with Crippen LogP contribution in [0.15, 0.2) is 30.3 Å². The van der Waals surface area contributed by atoms with Crippen LogP contribution in [0, 0.1) is 0 Å². The summed E-state index contributed by atoms with van der Waals surface area (Å²) in [6.07, 6.45) is -0.281. The summed E-state index contributed by atoms with van der Waals surface area (Å²) in [5.74, 6) is -5.32. The summed E-state index contributed by atoms with van der Waals surface area (Å²) >= 11 is 0. The van der Waals surface area contributed by atoms with Gasteiger partial charge in [-0.3, -0.25) is 24.0 Å². The molecule has 1 fully saturated rings. The van der Waals surface area contributed by atoms with Crippen LogP contribution in [0.1, 0.15) is 31.2 Å². The number of carboxylic acid groups (broad SMARTS) is 1. The number of nitrogens with one attached hydrogen (secondary N) is 2. The van der Waals surface area contributed by atoms with Crippen molar-refractivity contribution in [3.63, 3.8) is 0 Å². The summed E-state index contributed by atoms with van der Waals surface area (Å²) in [7, 11) is 0. The molecule has 9 N–H and O–H groups in total. The van der Waals surface area contributed by atoms with E-state index in [-0.39, 0.29) is 19.4 Å². The number of benzene rings is 1. The van der Waals surface area contributed by atoms with Crippen LogP contribution in [-0.2, 0) is 35.2 Å². The Bertz CT molecular complexity index is 970. The maximum absolute atomic E-state index is 13.3. The van der Waals surface area contributed by atoms with Gasteiger partial charge in [0.2, 0.25) is 29.5 Å². The van der Waals surface area contributed by atoms with E-state index in [0.29, 0.717) is 12.0 Å². The van der Waals surface area contributed by atoms with Crippen molar-refractivity contribution in [1.29, 1.82) is 0 Å². The molecule has 1 aromatic rings. The quantitative estimate of drug-likeness (QED) is 0.181. The van der Waals surface area contributed by atoms with Gasteiger partial charge in [-0.1, -0.05) is 30.3 Å². The van der Waals surface area contributed by atoms with Gasteiger partial charge in [0.25, 0.3) is 0 Å². The number of amides is 5. The molecule has 0 spiro atoms. The minimum absolute atomic E-state index is 0.0344. The van der Waals surface area contributed by atoms with Crippen LogP contribution in [0.5, 0.6) is 0 Å². The fraction of sp³-hybridized carbons (Fsp3) is 0.455. The molecule has 0 saturated carbocycles. The minimum atomic E-state index is -1.49. The lowest BCUT2D eigenvalue weighted by atomic mass is 10.0. The number of likely N-dealkylation sites (tertiary alicyclic amines) is 1. The number of carbonyl (C=O) groups is 6. The Morgan fingerprint density at radius 1 is 0.943 bits per heavy atom. The van der Waals surface area contributed by atoms with Gasteiger partial charge in [-0.05, 0) is 18.4 Å². The minimum Gasteiger partial charge on any atom is -0.480 e. The fourth-order valence-electron chi connectivity index (χ4n) is 3.81. The van der Waals surface area contributed by atoms with Gasteiger partial charge in [0.1, 0.15) is 18.1 Å². The van der Waals surface area contributed by atoms with E-state index in [9.17, 15) is 33.9 Å². The highest BCUT2D eigenvalue weighted by Crippen LogP contribution is 2.20. The molecule has 1 heterocycles. The van der Waals surface area contributed by atoms with Gasteiger partial charge in [0.15, 0.2) is 0 Å². The summed E-state index contributed by atoms with van der Waals surface area (Å²) in [5, 5.41) is 14.2. The summed E-state index contributed by atoms with van der Waals surface area (Å²) in [5.41, 5.74) is 16.5. The molecule has 0 radical (unpaired) electrons. The molecule has 4 unspecified atom stereocenters. The summed E-state index contributed by atoms with van der Waals surface area (Å²) < 4.78 is 0. The summed E-state index contributed by atoms with van der Waals surface area (Å²) in [6, 6.07) is 3.66. The van der Waals surface area contributed by atoms with Gasteiger partial charge in [-0.25, -0.2) is 4.79 Å². The van der Waals surface area contributed by atoms with Crippen LogP contribution < -0.4 is 27.8 Å². The third-order valence-electron chi connectivity index (χ3n) is 5.51. The first kappa shape index (κ1) is 27.2. The predicted octanol–water partition coefficient (Wildman–Crippen LogP) is -2.65. The van der Waals surface area contributed by atoms with E-state index in [4.69, 9.17) is 17.2 Å². The Balaban J connectivity index is 2.25. The van der Waals surface area contributed by atoms with Gasteiger partial charge < -0.3 is 37.8 Å². The highest BCUT2D eigenvalue weighted by Gasteiger charge is 2.38. The van der Waals surface area contributed by atoms with Crippen LogP contribution >= 0.6 is 0 Å². The molecule has 1 aromatic carbocycles. The van der Waals surface area contributed by atoms with Crippen molar-refractivity contribution < 1.29 is 33.9 Å². The Hall–Kier alpha value is -4.00. The van der Waals surface area contributed by atoms with Crippen molar-refractivity contribution in [2.24, 2.45) is 17.2 Å². The number of aliphatic carboxylic acids is 1. The second-order valence-corrected chi connectivity index (χ2v) is 8.29. The van der Waals surface area contributed by atoms with Crippen molar-refractivity contribution in [3.05, 3.63) is 35.9 Å². The Kier molecular flexibility index (Phi) is 9.70. The number of hydrogen-bond donors (Lipinski definition) is 6. The van der Waals surface area contributed by atoms with Crippen LogP contribution in [0.2, 0.25) is 0 Å². The summed E-state index contributed by atoms with van der Waals surface area (Å²) in [6.45, 7) is 0.209. The van der Waals surface area contributed by atoms with Gasteiger partial charge in [0.05, 0.1) is 18.9 Å². The van der Waals surface area contributed by atoms with E-state index < -0.39 is 72.5 Å². The number of carboxylic acids is 1. The first-order chi connectivity index (χ1) is 16.5. The highest BCUT2D eigenvalue weighted by molar-refractivity contribution is 5.97. The zero-order valence-electron chi connectivity index (χ0n) is 19.0. The summed E-state index contributed by atoms with van der Waals surface area (Å²) in [4.78, 5) is 74.0. The van der Waals surface area contributed by atoms with Crippen molar-refractivity contribution in [1.82, 2.24) is 15.5 Å². The molecule has 0 bridgehead atoms. The standard InChI is InChI=1S/C22H30N6O7/c23-13(10-17(24)29)19(31)26-14(11-18(25)30)20(32)27-15(9-12-5-2-1-3-6-12)21(33)28-8-4-7-16(28)22(34)35/h1-3,5-6,13-16H,4,7-11,23H2,(H2,24,29)(H2,25,30)(H,26,31)(H,27,32)(H,34,35). The molecule has 13 nitrogen and oxygen atoms in total. The Morgan fingerprint density at radius 2 is 1.54 bits per heavy atom. The zero-order valence-corrected chi connectivity index (χ0v) is 19.0. The molecule has 2 rings (SSSR count). The van der Waals surface area contributed by atoms with E-state index in [1.54, 1.807) is 30.3 Å². The van der Waals surface area contributed by atoms with Gasteiger partial charge in [-0.2, -0.15) is 0 Å². The normalized spacial score (nSPS) is 17.6. The van der Waals surface area contributed by atoms with Crippen molar-refractivity contribution in [2.75, 3.05) is 6.54 Å². The average Bonchev–Trinajstić information content (AvgIpc) is 3.28. The molecule has 0 aromatic heterocycles. The molecule has 0 aliphatic carbocycles. The van der Waals surface area contributed by atoms with Crippen LogP contribution in [-0.4, -0.2) is 76.2 Å². The van der Waals surface area contributed by atoms with Gasteiger partial charge >= 0.3 is 5.97 Å². The second kappa shape index (κ2) is 12.5.